The topological polar surface area (TPSA) is 113 Å². The van der Waals surface area contributed by atoms with E-state index in [2.05, 4.69) is 13.8 Å². The molecule has 0 amide bonds. The van der Waals surface area contributed by atoms with Crippen LogP contribution in [0.1, 0.15) is 20.3 Å². The Bertz CT molecular complexity index is 230. The van der Waals surface area contributed by atoms with Crippen molar-refractivity contribution in [2.24, 2.45) is 5.92 Å². The molecule has 0 aromatic rings. The lowest BCUT2D eigenvalue weighted by molar-refractivity contribution is 0.0304. The zero-order valence-electron chi connectivity index (χ0n) is 10.2. The van der Waals surface area contributed by atoms with E-state index in [1.807, 2.05) is 0 Å². The van der Waals surface area contributed by atoms with Gasteiger partial charge in [0.2, 0.25) is 0 Å². The lowest BCUT2D eigenvalue weighted by Crippen LogP contribution is -2.08. The van der Waals surface area contributed by atoms with Crippen LogP contribution in [0.4, 0.5) is 0 Å². The fourth-order valence-electron chi connectivity index (χ4n) is 0.706. The zero-order chi connectivity index (χ0) is 13.7. The number of rotatable bonds is 8. The first-order valence-corrected chi connectivity index (χ1v) is 6.63. The third-order valence-corrected chi connectivity index (χ3v) is 1.45. The van der Waals surface area contributed by atoms with Crippen LogP contribution in [0.5, 0.6) is 0 Å². The van der Waals surface area contributed by atoms with Gasteiger partial charge in [-0.05, 0) is 12.3 Å². The van der Waals surface area contributed by atoms with Crippen molar-refractivity contribution in [2.45, 2.75) is 20.3 Å². The van der Waals surface area contributed by atoms with Gasteiger partial charge < -0.3 is 14.6 Å². The van der Waals surface area contributed by atoms with E-state index >= 15 is 0 Å². The SMILES string of the molecule is CC(C)CCOCCOCCO.O=S(=O)(O)O. The van der Waals surface area contributed by atoms with Gasteiger partial charge in [0, 0.05) is 6.61 Å². The molecule has 0 saturated heterocycles. The first kappa shape index (κ1) is 19.1. The van der Waals surface area contributed by atoms with Gasteiger partial charge in [-0.3, -0.25) is 9.11 Å². The molecule has 106 valence electrons. The molecular weight excluding hydrogens is 252 g/mol. The minimum absolute atomic E-state index is 0.0893. The third kappa shape index (κ3) is 38.9. The van der Waals surface area contributed by atoms with Crippen molar-refractivity contribution < 1.29 is 32.1 Å². The molecule has 0 radical (unpaired) electrons. The van der Waals surface area contributed by atoms with Crippen LogP contribution < -0.4 is 0 Å². The molecule has 7 nitrogen and oxygen atoms in total. The van der Waals surface area contributed by atoms with Gasteiger partial charge in [-0.25, -0.2) is 0 Å². The van der Waals surface area contributed by atoms with Crippen molar-refractivity contribution in [3.63, 3.8) is 0 Å². The molecule has 0 fully saturated rings. The van der Waals surface area contributed by atoms with Crippen LogP contribution in [0.3, 0.4) is 0 Å². The van der Waals surface area contributed by atoms with Gasteiger partial charge in [0.25, 0.3) is 0 Å². The maximum atomic E-state index is 8.74. The molecule has 0 aliphatic carbocycles. The highest BCUT2D eigenvalue weighted by atomic mass is 32.3. The molecule has 0 atom stereocenters. The number of ether oxygens (including phenoxy) is 2. The minimum atomic E-state index is -4.67. The predicted molar refractivity (Wildman–Crippen MR) is 62.4 cm³/mol. The van der Waals surface area contributed by atoms with Crippen molar-refractivity contribution in [1.82, 2.24) is 0 Å². The molecule has 0 aliphatic heterocycles. The Morgan fingerprint density at radius 3 is 1.76 bits per heavy atom. The van der Waals surface area contributed by atoms with Gasteiger partial charge in [-0.2, -0.15) is 8.42 Å². The lowest BCUT2D eigenvalue weighted by Gasteiger charge is -2.06. The second kappa shape index (κ2) is 12.2. The summed E-state index contributed by atoms with van der Waals surface area (Å²) in [5.74, 6) is 0.698. The third-order valence-electron chi connectivity index (χ3n) is 1.45. The summed E-state index contributed by atoms with van der Waals surface area (Å²) in [4.78, 5) is 0. The highest BCUT2D eigenvalue weighted by Crippen LogP contribution is 1.98. The summed E-state index contributed by atoms with van der Waals surface area (Å²) in [5, 5.41) is 8.38. The van der Waals surface area contributed by atoms with Gasteiger partial charge in [0.05, 0.1) is 26.4 Å². The smallest absolute Gasteiger partial charge is 0.394 e. The summed E-state index contributed by atoms with van der Waals surface area (Å²) < 4.78 is 41.9. The summed E-state index contributed by atoms with van der Waals surface area (Å²) in [6.45, 7) is 6.86. The van der Waals surface area contributed by atoms with Crippen molar-refractivity contribution in [3.8, 4) is 0 Å². The summed E-state index contributed by atoms with van der Waals surface area (Å²) in [6, 6.07) is 0. The van der Waals surface area contributed by atoms with Crippen LogP contribution in [-0.4, -0.2) is 55.7 Å². The van der Waals surface area contributed by atoms with Crippen LogP contribution >= 0.6 is 0 Å². The van der Waals surface area contributed by atoms with Crippen molar-refractivity contribution >= 4 is 10.4 Å². The molecule has 0 heterocycles. The molecule has 8 heteroatoms. The Morgan fingerprint density at radius 2 is 1.41 bits per heavy atom. The lowest BCUT2D eigenvalue weighted by atomic mass is 10.1. The van der Waals surface area contributed by atoms with E-state index in [0.717, 1.165) is 13.0 Å². The van der Waals surface area contributed by atoms with Crippen molar-refractivity contribution in [1.29, 1.82) is 0 Å². The van der Waals surface area contributed by atoms with Gasteiger partial charge in [0.15, 0.2) is 0 Å². The average Bonchev–Trinajstić information content (AvgIpc) is 2.13. The van der Waals surface area contributed by atoms with E-state index in [9.17, 15) is 0 Å². The molecule has 0 aromatic carbocycles. The number of hydrogen-bond donors (Lipinski definition) is 3. The monoisotopic (exact) mass is 274 g/mol. The van der Waals surface area contributed by atoms with E-state index in [-0.39, 0.29) is 6.61 Å². The largest absolute Gasteiger partial charge is 0.394 e. The molecular formula is C9H22O7S. The van der Waals surface area contributed by atoms with E-state index < -0.39 is 10.4 Å². The second-order valence-corrected chi connectivity index (χ2v) is 4.47. The molecule has 0 bridgehead atoms. The Hall–Kier alpha value is -0.250. The maximum Gasteiger partial charge on any atom is 0.394 e. The first-order chi connectivity index (χ1) is 7.77. The molecule has 17 heavy (non-hydrogen) atoms. The van der Waals surface area contributed by atoms with Crippen molar-refractivity contribution in [3.05, 3.63) is 0 Å². The highest BCUT2D eigenvalue weighted by molar-refractivity contribution is 7.79. The van der Waals surface area contributed by atoms with Gasteiger partial charge in [-0.15, -0.1) is 0 Å². The molecule has 0 unspecified atom stereocenters. The number of aliphatic hydroxyl groups is 1. The van der Waals surface area contributed by atoms with E-state index in [1.165, 1.54) is 0 Å². The minimum Gasteiger partial charge on any atom is -0.394 e. The molecule has 0 saturated carbocycles. The Balaban J connectivity index is 0. The summed E-state index contributed by atoms with van der Waals surface area (Å²) in [5.41, 5.74) is 0. The van der Waals surface area contributed by atoms with Crippen LogP contribution in [-0.2, 0) is 19.9 Å². The van der Waals surface area contributed by atoms with Crippen LogP contribution in [0.15, 0.2) is 0 Å². The fraction of sp³-hybridized carbons (Fsp3) is 1.00. The van der Waals surface area contributed by atoms with Crippen molar-refractivity contribution in [2.75, 3.05) is 33.0 Å². The normalized spacial score (nSPS) is 11.2. The van der Waals surface area contributed by atoms with Crippen LogP contribution in [0, 0.1) is 5.92 Å². The summed E-state index contributed by atoms with van der Waals surface area (Å²) >= 11 is 0. The standard InChI is InChI=1S/C9H20O3.H2O4S/c1-9(2)3-5-11-7-8-12-6-4-10;1-5(2,3)4/h9-10H,3-8H2,1-2H3;(H2,1,2,3,4). The average molecular weight is 274 g/mol. The maximum absolute atomic E-state index is 8.74. The van der Waals surface area contributed by atoms with E-state index in [4.69, 9.17) is 32.1 Å². The fourth-order valence-corrected chi connectivity index (χ4v) is 0.706. The van der Waals surface area contributed by atoms with Crippen LogP contribution in [0.2, 0.25) is 0 Å². The quantitative estimate of drug-likeness (QED) is 0.434. The Labute approximate surface area is 102 Å². The molecule has 0 rings (SSSR count). The highest BCUT2D eigenvalue weighted by Gasteiger charge is 1.93. The van der Waals surface area contributed by atoms with Gasteiger partial charge >= 0.3 is 10.4 Å². The zero-order valence-corrected chi connectivity index (χ0v) is 11.0. The Kier molecular flexibility index (Phi) is 13.7. The first-order valence-electron chi connectivity index (χ1n) is 5.23. The summed E-state index contributed by atoms with van der Waals surface area (Å²) in [6.07, 6.45) is 1.10. The number of aliphatic hydroxyl groups excluding tert-OH is 1. The van der Waals surface area contributed by atoms with E-state index in [1.54, 1.807) is 0 Å². The van der Waals surface area contributed by atoms with Crippen LogP contribution in [0.25, 0.3) is 0 Å². The molecule has 0 aromatic heterocycles. The Morgan fingerprint density at radius 1 is 1.00 bits per heavy atom. The van der Waals surface area contributed by atoms with E-state index in [0.29, 0.717) is 25.7 Å². The predicted octanol–water partition coefficient (Wildman–Crippen LogP) is 0.405. The van der Waals surface area contributed by atoms with Gasteiger partial charge in [0.1, 0.15) is 0 Å². The summed E-state index contributed by atoms with van der Waals surface area (Å²) in [7, 11) is -4.67. The van der Waals surface area contributed by atoms with Gasteiger partial charge in [-0.1, -0.05) is 13.8 Å². The number of hydrogen-bond acceptors (Lipinski definition) is 5. The molecule has 0 spiro atoms. The molecule has 0 aliphatic rings. The second-order valence-electron chi connectivity index (χ2n) is 3.58. The molecule has 3 N–H and O–H groups in total.